The fourth-order valence-electron chi connectivity index (χ4n) is 4.04. The van der Waals surface area contributed by atoms with Gasteiger partial charge in [-0.1, -0.05) is 18.2 Å². The lowest BCUT2D eigenvalue weighted by Crippen LogP contribution is -2.44. The largest absolute Gasteiger partial charge is 0.494 e. The average Bonchev–Trinajstić information content (AvgIpc) is 3.01. The first kappa shape index (κ1) is 23.4. The second-order valence-corrected chi connectivity index (χ2v) is 9.04. The summed E-state index contributed by atoms with van der Waals surface area (Å²) in [5.74, 6) is 0.731. The molecule has 0 atom stereocenters. The van der Waals surface area contributed by atoms with Gasteiger partial charge in [0.1, 0.15) is 11.3 Å². The molecule has 3 aromatic rings. The van der Waals surface area contributed by atoms with E-state index >= 15 is 0 Å². The zero-order chi connectivity index (χ0) is 24.3. The Labute approximate surface area is 205 Å². The van der Waals surface area contributed by atoms with E-state index in [1.165, 1.54) is 0 Å². The number of amides is 1. The predicted molar refractivity (Wildman–Crippen MR) is 138 cm³/mol. The fraction of sp³-hybridized carbons (Fsp3) is 0.259. The molecule has 1 saturated heterocycles. The highest BCUT2D eigenvalue weighted by Gasteiger charge is 2.49. The Morgan fingerprint density at radius 2 is 1.74 bits per heavy atom. The number of benzene rings is 2. The zero-order valence-electron chi connectivity index (χ0n) is 19.5. The minimum absolute atomic E-state index is 0.0694. The Balaban J connectivity index is 1.37. The quantitative estimate of drug-likeness (QED) is 0.249. The smallest absolute Gasteiger partial charge is 0.258 e. The second kappa shape index (κ2) is 9.62. The molecular weight excluding hydrogens is 444 g/mol. The summed E-state index contributed by atoms with van der Waals surface area (Å²) in [7, 11) is 0. The number of carbonyl (C=O) groups is 1. The van der Waals surface area contributed by atoms with Crippen LogP contribution < -0.4 is 9.64 Å². The van der Waals surface area contributed by atoms with Crippen molar-refractivity contribution in [2.45, 2.75) is 32.7 Å². The lowest BCUT2D eigenvalue weighted by Gasteiger charge is -2.29. The van der Waals surface area contributed by atoms with Crippen LogP contribution in [0.1, 0.15) is 25.8 Å². The molecule has 1 fully saturated rings. The summed E-state index contributed by atoms with van der Waals surface area (Å²) in [4.78, 5) is 24.3. The van der Waals surface area contributed by atoms with E-state index in [1.54, 1.807) is 29.4 Å². The summed E-state index contributed by atoms with van der Waals surface area (Å²) in [6.07, 6.45) is 4.27. The van der Waals surface area contributed by atoms with Crippen molar-refractivity contribution in [2.75, 3.05) is 18.1 Å². The van der Waals surface area contributed by atoms with Crippen molar-refractivity contribution in [1.29, 1.82) is 0 Å². The maximum Gasteiger partial charge on any atom is 0.258 e. The lowest BCUT2D eigenvalue weighted by atomic mass is 10.0. The van der Waals surface area contributed by atoms with Crippen molar-refractivity contribution in [2.24, 2.45) is 0 Å². The number of aromatic nitrogens is 1. The first-order chi connectivity index (χ1) is 16.3. The van der Waals surface area contributed by atoms with E-state index in [0.717, 1.165) is 22.4 Å². The molecule has 172 valence electrons. The molecule has 1 aliphatic heterocycles. The highest BCUT2D eigenvalue weighted by atomic mass is 32.1. The molecule has 0 aliphatic carbocycles. The zero-order valence-corrected chi connectivity index (χ0v) is 20.3. The third kappa shape index (κ3) is 4.50. The number of hydrogen-bond donors (Lipinski definition) is 0. The summed E-state index contributed by atoms with van der Waals surface area (Å²) < 4.78 is 5.93. The van der Waals surface area contributed by atoms with Crippen LogP contribution in [-0.4, -0.2) is 39.6 Å². The molecule has 34 heavy (non-hydrogen) atoms. The van der Waals surface area contributed by atoms with E-state index in [9.17, 15) is 4.79 Å². The number of carbonyl (C=O) groups excluding carboxylic acids is 1. The number of nitrogens with zero attached hydrogens (tertiary/aromatic N) is 4. The molecule has 0 unspecified atom stereocenters. The maximum atomic E-state index is 13.2. The van der Waals surface area contributed by atoms with Crippen LogP contribution in [0.15, 0.2) is 67.0 Å². The van der Waals surface area contributed by atoms with Gasteiger partial charge in [0, 0.05) is 24.6 Å². The molecule has 0 spiro atoms. The Hall–Kier alpha value is -3.76. The Kier molecular flexibility index (Phi) is 6.62. The number of pyridine rings is 1. The number of thiocarbonyl (C=S) groups is 1. The van der Waals surface area contributed by atoms with Gasteiger partial charge in [0.05, 0.1) is 13.2 Å². The third-order valence-corrected chi connectivity index (χ3v) is 6.45. The van der Waals surface area contributed by atoms with Gasteiger partial charge in [0.15, 0.2) is 10.8 Å². The molecule has 2 aromatic carbocycles. The summed E-state index contributed by atoms with van der Waals surface area (Å²) >= 11 is 5.70. The van der Waals surface area contributed by atoms with E-state index in [1.807, 2.05) is 68.1 Å². The van der Waals surface area contributed by atoms with Crippen molar-refractivity contribution in [3.8, 4) is 16.9 Å². The first-order valence-corrected chi connectivity index (χ1v) is 11.5. The maximum absolute atomic E-state index is 13.2. The molecule has 4 rings (SSSR count). The SMILES string of the molecule is [C-]#[N+]c1ccc(N2C(=O)C(C)(C)N(CCCOc3ccc(-c4ccncc4)cc3)C2=S)cc1C. The normalized spacial score (nSPS) is 14.9. The Morgan fingerprint density at radius 1 is 1.06 bits per heavy atom. The van der Waals surface area contributed by atoms with E-state index < -0.39 is 5.54 Å². The topological polar surface area (TPSA) is 50.0 Å². The van der Waals surface area contributed by atoms with Gasteiger partial charge in [0.2, 0.25) is 0 Å². The van der Waals surface area contributed by atoms with Gasteiger partial charge in [-0.25, -0.2) is 4.85 Å². The monoisotopic (exact) mass is 470 g/mol. The van der Waals surface area contributed by atoms with Gasteiger partial charge in [-0.05, 0) is 92.5 Å². The fourth-order valence-corrected chi connectivity index (χ4v) is 4.55. The average molecular weight is 471 g/mol. The number of aryl methyl sites for hydroxylation is 1. The van der Waals surface area contributed by atoms with E-state index in [0.29, 0.717) is 36.1 Å². The molecule has 0 N–H and O–H groups in total. The summed E-state index contributed by atoms with van der Waals surface area (Å²) in [5, 5.41) is 0.478. The molecule has 1 aliphatic rings. The van der Waals surface area contributed by atoms with Crippen LogP contribution in [0, 0.1) is 13.5 Å². The van der Waals surface area contributed by atoms with Gasteiger partial charge in [0.25, 0.3) is 5.91 Å². The summed E-state index contributed by atoms with van der Waals surface area (Å²) in [6.45, 7) is 14.0. The Bertz CT molecular complexity index is 1250. The number of rotatable bonds is 7. The van der Waals surface area contributed by atoms with Crippen molar-refractivity contribution in [3.05, 3.63) is 84.0 Å². The van der Waals surface area contributed by atoms with Gasteiger partial charge >= 0.3 is 0 Å². The molecule has 1 aromatic heterocycles. The van der Waals surface area contributed by atoms with E-state index in [4.69, 9.17) is 23.5 Å². The molecule has 0 bridgehead atoms. The van der Waals surface area contributed by atoms with Crippen LogP contribution in [0.4, 0.5) is 11.4 Å². The number of ether oxygens (including phenoxy) is 1. The summed E-state index contributed by atoms with van der Waals surface area (Å²) in [6, 6.07) is 17.3. The van der Waals surface area contributed by atoms with E-state index in [2.05, 4.69) is 9.83 Å². The van der Waals surface area contributed by atoms with Gasteiger partial charge in [-0.15, -0.1) is 0 Å². The molecule has 0 saturated carbocycles. The second-order valence-electron chi connectivity index (χ2n) is 8.68. The first-order valence-electron chi connectivity index (χ1n) is 11.1. The highest BCUT2D eigenvalue weighted by Crippen LogP contribution is 2.34. The predicted octanol–water partition coefficient (Wildman–Crippen LogP) is 5.79. The van der Waals surface area contributed by atoms with E-state index in [-0.39, 0.29) is 5.91 Å². The van der Waals surface area contributed by atoms with Crippen molar-refractivity contribution < 1.29 is 9.53 Å². The highest BCUT2D eigenvalue weighted by molar-refractivity contribution is 7.80. The van der Waals surface area contributed by atoms with Gasteiger partial charge < -0.3 is 9.64 Å². The van der Waals surface area contributed by atoms with Crippen molar-refractivity contribution in [3.63, 3.8) is 0 Å². The van der Waals surface area contributed by atoms with Crippen LogP contribution in [0.3, 0.4) is 0 Å². The summed E-state index contributed by atoms with van der Waals surface area (Å²) in [5.41, 5.74) is 3.55. The van der Waals surface area contributed by atoms with Crippen LogP contribution in [0.2, 0.25) is 0 Å². The molecule has 7 heteroatoms. The molecule has 6 nitrogen and oxygen atoms in total. The molecule has 0 radical (unpaired) electrons. The molecular formula is C27H26N4O2S. The minimum atomic E-state index is -0.754. The van der Waals surface area contributed by atoms with Crippen LogP contribution >= 0.6 is 12.2 Å². The molecule has 1 amide bonds. The lowest BCUT2D eigenvalue weighted by molar-refractivity contribution is -0.123. The number of anilines is 1. The third-order valence-electron chi connectivity index (χ3n) is 6.05. The van der Waals surface area contributed by atoms with Gasteiger partial charge in [-0.2, -0.15) is 0 Å². The standard InChI is InChI=1S/C27H26N4O2S/c1-19-18-22(8-11-24(19)28-4)31-25(32)27(2,3)30(26(31)34)16-5-17-33-23-9-6-20(7-10-23)21-12-14-29-15-13-21/h6-15,18H,5,16-17H2,1-3H3. The minimum Gasteiger partial charge on any atom is -0.494 e. The van der Waals surface area contributed by atoms with Crippen LogP contribution in [-0.2, 0) is 4.79 Å². The Morgan fingerprint density at radius 3 is 2.38 bits per heavy atom. The number of hydrogen-bond acceptors (Lipinski definition) is 4. The van der Waals surface area contributed by atoms with Crippen LogP contribution in [0.5, 0.6) is 5.75 Å². The van der Waals surface area contributed by atoms with Crippen LogP contribution in [0.25, 0.3) is 16.0 Å². The molecule has 2 heterocycles. The van der Waals surface area contributed by atoms with Gasteiger partial charge in [-0.3, -0.25) is 14.7 Å². The van der Waals surface area contributed by atoms with Crippen molar-refractivity contribution >= 4 is 34.6 Å². The van der Waals surface area contributed by atoms with Crippen molar-refractivity contribution in [1.82, 2.24) is 9.88 Å².